The fraction of sp³-hybridized carbons (Fsp3) is 0.680. The maximum Gasteiger partial charge on any atom is 0.407 e. The molecule has 1 aromatic rings. The molecule has 2 rings (SSSR count). The van der Waals surface area contributed by atoms with Crippen molar-refractivity contribution < 1.29 is 22.7 Å². The van der Waals surface area contributed by atoms with Gasteiger partial charge in [-0.05, 0) is 64.2 Å². The first-order chi connectivity index (χ1) is 16.0. The number of benzene rings is 1. The predicted molar refractivity (Wildman–Crippen MR) is 134 cm³/mol. The molecule has 34 heavy (non-hydrogen) atoms. The third kappa shape index (κ3) is 9.16. The van der Waals surface area contributed by atoms with E-state index in [0.29, 0.717) is 50.3 Å². The smallest absolute Gasteiger partial charge is 0.407 e. The van der Waals surface area contributed by atoms with Crippen molar-refractivity contribution in [3.8, 4) is 0 Å². The van der Waals surface area contributed by atoms with Crippen LogP contribution in [0.1, 0.15) is 71.8 Å². The SMILES string of the molecule is CCCCCCNC(=O)N1CCC(S(=O)(=O)c2ccc(CCNC(=O)OC(C)(C)C)cc2)CC1. The summed E-state index contributed by atoms with van der Waals surface area (Å²) >= 11 is 0. The molecule has 0 radical (unpaired) electrons. The maximum absolute atomic E-state index is 13.1. The summed E-state index contributed by atoms with van der Waals surface area (Å²) in [6.45, 7) is 9.52. The van der Waals surface area contributed by atoms with Gasteiger partial charge in [-0.25, -0.2) is 18.0 Å². The van der Waals surface area contributed by atoms with Crippen LogP contribution in [0.5, 0.6) is 0 Å². The number of unbranched alkanes of at least 4 members (excludes halogenated alkanes) is 3. The molecule has 1 aliphatic rings. The number of alkyl carbamates (subject to hydrolysis) is 1. The third-order valence-corrected chi connectivity index (χ3v) is 8.09. The Morgan fingerprint density at radius 1 is 1.00 bits per heavy atom. The van der Waals surface area contributed by atoms with Crippen molar-refractivity contribution in [3.05, 3.63) is 29.8 Å². The van der Waals surface area contributed by atoms with Gasteiger partial charge in [-0.15, -0.1) is 0 Å². The zero-order valence-electron chi connectivity index (χ0n) is 21.1. The molecule has 3 amide bonds. The number of hydrogen-bond donors (Lipinski definition) is 2. The fourth-order valence-corrected chi connectivity index (χ4v) is 5.62. The standard InChI is InChI=1S/C25H41N3O5S/c1-5-6-7-8-16-26-23(29)28-18-14-22(15-19-28)34(31,32)21-11-9-20(10-12-21)13-17-27-24(30)33-25(2,3)4/h9-12,22H,5-8,13-19H2,1-4H3,(H,26,29)(H,27,30). The Balaban J connectivity index is 1.79. The first-order valence-corrected chi connectivity index (χ1v) is 13.9. The molecule has 0 bridgehead atoms. The van der Waals surface area contributed by atoms with Crippen LogP contribution in [0, 0.1) is 0 Å². The van der Waals surface area contributed by atoms with E-state index in [9.17, 15) is 18.0 Å². The highest BCUT2D eigenvalue weighted by atomic mass is 32.2. The van der Waals surface area contributed by atoms with E-state index >= 15 is 0 Å². The number of nitrogens with zero attached hydrogens (tertiary/aromatic N) is 1. The summed E-state index contributed by atoms with van der Waals surface area (Å²) < 4.78 is 31.4. The molecule has 0 spiro atoms. The highest BCUT2D eigenvalue weighted by Gasteiger charge is 2.32. The van der Waals surface area contributed by atoms with Crippen molar-refractivity contribution in [1.29, 1.82) is 0 Å². The number of piperidine rings is 1. The lowest BCUT2D eigenvalue weighted by Gasteiger charge is -2.31. The molecule has 0 saturated carbocycles. The monoisotopic (exact) mass is 495 g/mol. The summed E-state index contributed by atoms with van der Waals surface area (Å²) in [5, 5.41) is 5.16. The summed E-state index contributed by atoms with van der Waals surface area (Å²) in [6, 6.07) is 6.73. The van der Waals surface area contributed by atoms with E-state index in [-0.39, 0.29) is 6.03 Å². The molecule has 1 aromatic carbocycles. The molecule has 9 heteroatoms. The number of likely N-dealkylation sites (tertiary alicyclic amines) is 1. The van der Waals surface area contributed by atoms with Crippen LogP contribution in [-0.2, 0) is 21.0 Å². The van der Waals surface area contributed by atoms with Gasteiger partial charge in [0.2, 0.25) is 0 Å². The number of urea groups is 1. The molecule has 0 unspecified atom stereocenters. The second-order valence-electron chi connectivity index (χ2n) is 9.85. The van der Waals surface area contributed by atoms with Crippen LogP contribution in [0.3, 0.4) is 0 Å². The number of carbonyl (C=O) groups excluding carboxylic acids is 2. The zero-order valence-corrected chi connectivity index (χ0v) is 21.9. The van der Waals surface area contributed by atoms with Gasteiger partial charge in [0.1, 0.15) is 5.60 Å². The van der Waals surface area contributed by atoms with Gasteiger partial charge in [0.25, 0.3) is 0 Å². The third-order valence-electron chi connectivity index (χ3n) is 5.81. The van der Waals surface area contributed by atoms with Crippen LogP contribution in [0.2, 0.25) is 0 Å². The number of nitrogens with one attached hydrogen (secondary N) is 2. The number of carbonyl (C=O) groups is 2. The largest absolute Gasteiger partial charge is 0.444 e. The van der Waals surface area contributed by atoms with Crippen LogP contribution in [0.15, 0.2) is 29.2 Å². The first kappa shape index (κ1) is 28.0. The molecule has 1 fully saturated rings. The molecule has 0 atom stereocenters. The number of sulfone groups is 1. The molecule has 1 heterocycles. The highest BCUT2D eigenvalue weighted by Crippen LogP contribution is 2.25. The molecule has 2 N–H and O–H groups in total. The minimum absolute atomic E-state index is 0.100. The normalized spacial score (nSPS) is 15.1. The van der Waals surface area contributed by atoms with Crippen LogP contribution >= 0.6 is 0 Å². The van der Waals surface area contributed by atoms with E-state index in [1.165, 1.54) is 6.42 Å². The minimum Gasteiger partial charge on any atom is -0.444 e. The number of hydrogen-bond acceptors (Lipinski definition) is 5. The van der Waals surface area contributed by atoms with Crippen molar-refractivity contribution >= 4 is 22.0 Å². The van der Waals surface area contributed by atoms with Gasteiger partial charge >= 0.3 is 12.1 Å². The van der Waals surface area contributed by atoms with E-state index in [1.54, 1.807) is 49.9 Å². The van der Waals surface area contributed by atoms with Crippen LogP contribution in [0.4, 0.5) is 9.59 Å². The lowest BCUT2D eigenvalue weighted by atomic mass is 10.1. The van der Waals surface area contributed by atoms with E-state index in [4.69, 9.17) is 4.74 Å². The van der Waals surface area contributed by atoms with Gasteiger partial charge in [0.05, 0.1) is 10.1 Å². The lowest BCUT2D eigenvalue weighted by Crippen LogP contribution is -2.47. The van der Waals surface area contributed by atoms with Crippen molar-refractivity contribution in [2.75, 3.05) is 26.2 Å². The molecule has 8 nitrogen and oxygen atoms in total. The zero-order chi connectivity index (χ0) is 25.2. The number of amides is 3. The van der Waals surface area contributed by atoms with E-state index in [1.807, 2.05) is 0 Å². The maximum atomic E-state index is 13.1. The first-order valence-electron chi connectivity index (χ1n) is 12.4. The number of rotatable bonds is 10. The summed E-state index contributed by atoms with van der Waals surface area (Å²) in [5.41, 5.74) is 0.384. The van der Waals surface area contributed by atoms with Crippen molar-refractivity contribution in [2.45, 2.75) is 88.4 Å². The molecular weight excluding hydrogens is 454 g/mol. The van der Waals surface area contributed by atoms with E-state index < -0.39 is 26.8 Å². The molecule has 1 aliphatic heterocycles. The van der Waals surface area contributed by atoms with Gasteiger partial charge in [-0.3, -0.25) is 0 Å². The Bertz CT molecular complexity index is 886. The van der Waals surface area contributed by atoms with Crippen LogP contribution < -0.4 is 10.6 Å². The van der Waals surface area contributed by atoms with E-state index in [2.05, 4.69) is 17.6 Å². The predicted octanol–water partition coefficient (Wildman–Crippen LogP) is 4.28. The van der Waals surface area contributed by atoms with Gasteiger partial charge in [-0.1, -0.05) is 38.3 Å². The van der Waals surface area contributed by atoms with Gasteiger partial charge in [-0.2, -0.15) is 0 Å². The second-order valence-corrected chi connectivity index (χ2v) is 12.1. The van der Waals surface area contributed by atoms with Crippen LogP contribution in [0.25, 0.3) is 0 Å². The molecule has 0 aliphatic carbocycles. The summed E-state index contributed by atoms with van der Waals surface area (Å²) in [4.78, 5) is 26.1. The Morgan fingerprint density at radius 2 is 1.65 bits per heavy atom. The molecule has 1 saturated heterocycles. The average molecular weight is 496 g/mol. The lowest BCUT2D eigenvalue weighted by molar-refractivity contribution is 0.0528. The highest BCUT2D eigenvalue weighted by molar-refractivity contribution is 7.92. The van der Waals surface area contributed by atoms with Gasteiger partial charge in [0, 0.05) is 26.2 Å². The van der Waals surface area contributed by atoms with Crippen LogP contribution in [-0.4, -0.2) is 62.5 Å². The average Bonchev–Trinajstić information content (AvgIpc) is 2.78. The minimum atomic E-state index is -3.46. The molecular formula is C25H41N3O5S. The Kier molecular flexibility index (Phi) is 10.7. The Hall–Kier alpha value is -2.29. The summed E-state index contributed by atoms with van der Waals surface area (Å²) in [6.07, 6.45) is 5.38. The quantitative estimate of drug-likeness (QED) is 0.471. The van der Waals surface area contributed by atoms with Crippen molar-refractivity contribution in [2.24, 2.45) is 0 Å². The molecule has 192 valence electrons. The fourth-order valence-electron chi connectivity index (χ4n) is 3.89. The number of ether oxygens (including phenoxy) is 1. The van der Waals surface area contributed by atoms with Crippen molar-refractivity contribution in [1.82, 2.24) is 15.5 Å². The topological polar surface area (TPSA) is 105 Å². The second kappa shape index (κ2) is 13.0. The van der Waals surface area contributed by atoms with Gasteiger partial charge < -0.3 is 20.3 Å². The Labute approximate surface area is 204 Å². The molecule has 0 aromatic heterocycles. The summed E-state index contributed by atoms with van der Waals surface area (Å²) in [5.74, 6) is 0. The summed E-state index contributed by atoms with van der Waals surface area (Å²) in [7, 11) is -3.46. The van der Waals surface area contributed by atoms with Crippen molar-refractivity contribution in [3.63, 3.8) is 0 Å². The van der Waals surface area contributed by atoms with E-state index in [0.717, 1.165) is 24.8 Å². The van der Waals surface area contributed by atoms with Gasteiger partial charge in [0.15, 0.2) is 9.84 Å². The Morgan fingerprint density at radius 3 is 2.24 bits per heavy atom.